The van der Waals surface area contributed by atoms with Crippen molar-refractivity contribution in [2.24, 2.45) is 0 Å². The van der Waals surface area contributed by atoms with Crippen molar-refractivity contribution in [2.75, 3.05) is 0 Å². The van der Waals surface area contributed by atoms with Crippen molar-refractivity contribution in [1.82, 2.24) is 0 Å². The van der Waals surface area contributed by atoms with Crippen LogP contribution in [0.5, 0.6) is 0 Å². The first-order chi connectivity index (χ1) is 10.1. The molecule has 2 aromatic rings. The maximum Gasteiger partial charge on any atom is 0.335 e. The molecule has 0 radical (unpaired) electrons. The van der Waals surface area contributed by atoms with Crippen LogP contribution in [0, 0.1) is 0 Å². The second-order valence-corrected chi connectivity index (χ2v) is 5.27. The zero-order valence-electron chi connectivity index (χ0n) is 11.2. The van der Waals surface area contributed by atoms with E-state index in [1.807, 2.05) is 30.3 Å². The van der Waals surface area contributed by atoms with Crippen molar-refractivity contribution in [3.8, 4) is 0 Å². The van der Waals surface area contributed by atoms with Crippen molar-refractivity contribution < 1.29 is 19.8 Å². The van der Waals surface area contributed by atoms with Crippen molar-refractivity contribution in [3.63, 3.8) is 0 Å². The molecule has 0 saturated heterocycles. The Morgan fingerprint density at radius 3 is 2.24 bits per heavy atom. The number of benzene rings is 2. The Morgan fingerprint density at radius 2 is 1.62 bits per heavy atom. The number of aromatic carboxylic acids is 2. The second kappa shape index (κ2) is 5.05. The van der Waals surface area contributed by atoms with Gasteiger partial charge in [-0.15, -0.1) is 0 Å². The van der Waals surface area contributed by atoms with Crippen LogP contribution in [0.2, 0.25) is 0 Å². The third-order valence-electron chi connectivity index (χ3n) is 3.95. The molecule has 0 spiro atoms. The van der Waals surface area contributed by atoms with Crippen LogP contribution >= 0.6 is 0 Å². The summed E-state index contributed by atoms with van der Waals surface area (Å²) in [5.74, 6) is -1.72. The summed E-state index contributed by atoms with van der Waals surface area (Å²) in [4.78, 5) is 22.3. The van der Waals surface area contributed by atoms with Gasteiger partial charge in [0.1, 0.15) is 0 Å². The molecule has 4 heteroatoms. The number of rotatable bonds is 4. The summed E-state index contributed by atoms with van der Waals surface area (Å²) in [6.45, 7) is 0. The van der Waals surface area contributed by atoms with E-state index in [1.165, 1.54) is 17.7 Å². The first-order valence-corrected chi connectivity index (χ1v) is 6.73. The molecule has 0 amide bonds. The van der Waals surface area contributed by atoms with Crippen LogP contribution in [-0.2, 0) is 0 Å². The normalized spacial score (nSPS) is 20.0. The minimum absolute atomic E-state index is 0.00746. The van der Waals surface area contributed by atoms with Gasteiger partial charge < -0.3 is 10.2 Å². The van der Waals surface area contributed by atoms with E-state index in [4.69, 9.17) is 5.11 Å². The molecule has 3 rings (SSSR count). The summed E-state index contributed by atoms with van der Waals surface area (Å²) in [7, 11) is 0. The topological polar surface area (TPSA) is 74.6 Å². The molecule has 1 aliphatic rings. The Morgan fingerprint density at radius 1 is 0.905 bits per heavy atom. The molecule has 2 aromatic carbocycles. The molecule has 0 aromatic heterocycles. The molecule has 2 atom stereocenters. The van der Waals surface area contributed by atoms with E-state index in [-0.39, 0.29) is 17.0 Å². The van der Waals surface area contributed by atoms with Crippen LogP contribution in [0.25, 0.3) is 0 Å². The lowest BCUT2D eigenvalue weighted by atomic mass is 9.97. The van der Waals surface area contributed by atoms with Gasteiger partial charge in [-0.25, -0.2) is 9.59 Å². The van der Waals surface area contributed by atoms with Gasteiger partial charge >= 0.3 is 11.9 Å². The number of carboxylic acid groups (broad SMARTS) is 2. The highest BCUT2D eigenvalue weighted by molar-refractivity contribution is 5.95. The molecule has 1 fully saturated rings. The summed E-state index contributed by atoms with van der Waals surface area (Å²) in [5.41, 5.74) is 2.02. The third-order valence-corrected chi connectivity index (χ3v) is 3.95. The zero-order chi connectivity index (χ0) is 15.0. The first-order valence-electron chi connectivity index (χ1n) is 6.73. The van der Waals surface area contributed by atoms with Gasteiger partial charge in [-0.2, -0.15) is 0 Å². The molecular formula is C17H14O4. The Balaban J connectivity index is 1.93. The van der Waals surface area contributed by atoms with Gasteiger partial charge in [0.2, 0.25) is 0 Å². The molecule has 0 aliphatic heterocycles. The van der Waals surface area contributed by atoms with Gasteiger partial charge in [-0.1, -0.05) is 36.4 Å². The highest BCUT2D eigenvalue weighted by Gasteiger charge is 2.41. The molecule has 0 bridgehead atoms. The monoisotopic (exact) mass is 282 g/mol. The van der Waals surface area contributed by atoms with E-state index in [2.05, 4.69) is 0 Å². The fraction of sp³-hybridized carbons (Fsp3) is 0.176. The molecular weight excluding hydrogens is 268 g/mol. The van der Waals surface area contributed by atoms with Crippen LogP contribution in [0.1, 0.15) is 50.1 Å². The summed E-state index contributed by atoms with van der Waals surface area (Å²) in [5, 5.41) is 18.3. The predicted octanol–water partition coefficient (Wildman–Crippen LogP) is 3.35. The molecule has 106 valence electrons. The minimum Gasteiger partial charge on any atom is -0.478 e. The maximum absolute atomic E-state index is 11.4. The van der Waals surface area contributed by atoms with Crippen molar-refractivity contribution in [3.05, 3.63) is 70.8 Å². The smallest absolute Gasteiger partial charge is 0.335 e. The number of hydrogen-bond acceptors (Lipinski definition) is 2. The van der Waals surface area contributed by atoms with Crippen LogP contribution in [-0.4, -0.2) is 22.2 Å². The van der Waals surface area contributed by atoms with E-state index in [0.29, 0.717) is 5.92 Å². The summed E-state index contributed by atoms with van der Waals surface area (Å²) < 4.78 is 0. The van der Waals surface area contributed by atoms with Crippen molar-refractivity contribution in [1.29, 1.82) is 0 Å². The molecule has 1 saturated carbocycles. The molecule has 2 N–H and O–H groups in total. The SMILES string of the molecule is O=C(O)c1ccc([C@@H]2C[C@H]2c2ccccc2)c(C(=O)O)c1. The molecule has 1 aliphatic carbocycles. The summed E-state index contributed by atoms with van der Waals surface area (Å²) in [6.07, 6.45) is 0.900. The Bertz CT molecular complexity index is 706. The summed E-state index contributed by atoms with van der Waals surface area (Å²) >= 11 is 0. The molecule has 0 unspecified atom stereocenters. The second-order valence-electron chi connectivity index (χ2n) is 5.27. The number of carbonyl (C=O) groups is 2. The average Bonchev–Trinajstić information content (AvgIpc) is 3.27. The number of hydrogen-bond donors (Lipinski definition) is 2. The predicted molar refractivity (Wildman–Crippen MR) is 76.9 cm³/mol. The van der Waals surface area contributed by atoms with Gasteiger partial charge in [0.15, 0.2) is 0 Å². The van der Waals surface area contributed by atoms with Crippen LogP contribution in [0.3, 0.4) is 0 Å². The van der Waals surface area contributed by atoms with Crippen molar-refractivity contribution in [2.45, 2.75) is 18.3 Å². The average molecular weight is 282 g/mol. The van der Waals surface area contributed by atoms with Gasteiger partial charge in [0.25, 0.3) is 0 Å². The fourth-order valence-electron chi connectivity index (χ4n) is 2.81. The Hall–Kier alpha value is -2.62. The third kappa shape index (κ3) is 2.52. The standard InChI is InChI=1S/C17H14O4/c18-16(19)11-6-7-12(15(8-11)17(20)21)14-9-13(14)10-4-2-1-3-5-10/h1-8,13-14H,9H2,(H,18,19)(H,20,21)/t13-,14-/m0/s1. The van der Waals surface area contributed by atoms with E-state index in [1.54, 1.807) is 6.07 Å². The maximum atomic E-state index is 11.4. The lowest BCUT2D eigenvalue weighted by Crippen LogP contribution is -2.06. The largest absolute Gasteiger partial charge is 0.478 e. The van der Waals surface area contributed by atoms with E-state index in [0.717, 1.165) is 12.0 Å². The van der Waals surface area contributed by atoms with E-state index >= 15 is 0 Å². The van der Waals surface area contributed by atoms with Crippen LogP contribution in [0.15, 0.2) is 48.5 Å². The first kappa shape index (κ1) is 13.4. The molecule has 4 nitrogen and oxygen atoms in total. The lowest BCUT2D eigenvalue weighted by Gasteiger charge is -2.07. The Kier molecular flexibility index (Phi) is 3.22. The highest BCUT2D eigenvalue weighted by atomic mass is 16.4. The molecule has 21 heavy (non-hydrogen) atoms. The minimum atomic E-state index is -1.11. The quantitative estimate of drug-likeness (QED) is 0.901. The van der Waals surface area contributed by atoms with Gasteiger partial charge in [0, 0.05) is 0 Å². The molecule has 0 heterocycles. The van der Waals surface area contributed by atoms with Crippen LogP contribution < -0.4 is 0 Å². The van der Waals surface area contributed by atoms with E-state index < -0.39 is 11.9 Å². The Labute approximate surface area is 121 Å². The van der Waals surface area contributed by atoms with Crippen molar-refractivity contribution >= 4 is 11.9 Å². The van der Waals surface area contributed by atoms with E-state index in [9.17, 15) is 14.7 Å². The van der Waals surface area contributed by atoms with Crippen LogP contribution in [0.4, 0.5) is 0 Å². The zero-order valence-corrected chi connectivity index (χ0v) is 11.2. The van der Waals surface area contributed by atoms with Gasteiger partial charge in [0.05, 0.1) is 11.1 Å². The summed E-state index contributed by atoms with van der Waals surface area (Å²) in [6, 6.07) is 14.3. The fourth-order valence-corrected chi connectivity index (χ4v) is 2.81. The number of carboxylic acids is 2. The highest BCUT2D eigenvalue weighted by Crippen LogP contribution is 2.55. The lowest BCUT2D eigenvalue weighted by molar-refractivity contribution is 0.0695. The van der Waals surface area contributed by atoms with Gasteiger partial charge in [-0.3, -0.25) is 0 Å². The van der Waals surface area contributed by atoms with Gasteiger partial charge in [-0.05, 0) is 41.5 Å².